The number of hydrogen-bond donors (Lipinski definition) is 1. The predicted octanol–water partition coefficient (Wildman–Crippen LogP) is 0.922. The summed E-state index contributed by atoms with van der Waals surface area (Å²) in [6.07, 6.45) is 2.19. The Morgan fingerprint density at radius 3 is 2.90 bits per heavy atom. The second-order valence-electron chi connectivity index (χ2n) is 5.41. The van der Waals surface area contributed by atoms with Crippen molar-refractivity contribution >= 4 is 5.91 Å². The molecule has 3 heterocycles. The van der Waals surface area contributed by atoms with E-state index >= 15 is 0 Å². The van der Waals surface area contributed by atoms with Gasteiger partial charge in [-0.15, -0.1) is 0 Å². The number of amides is 1. The number of aromatic nitrogens is 1. The Balaban J connectivity index is 1.75. The third-order valence-electron chi connectivity index (χ3n) is 3.95. The summed E-state index contributed by atoms with van der Waals surface area (Å²) >= 11 is 0. The minimum absolute atomic E-state index is 0.0617. The zero-order valence-electron chi connectivity index (χ0n) is 11.9. The van der Waals surface area contributed by atoms with Crippen LogP contribution in [0.25, 0.3) is 0 Å². The fraction of sp³-hybridized carbons (Fsp3) is 0.714. The van der Waals surface area contributed by atoms with Crippen LogP contribution in [0, 0.1) is 6.92 Å². The van der Waals surface area contributed by atoms with Gasteiger partial charge in [-0.25, -0.2) is 4.98 Å². The number of piperidine rings is 1. The maximum Gasteiger partial charge on any atom is 0.291 e. The van der Waals surface area contributed by atoms with Crippen molar-refractivity contribution < 1.29 is 13.9 Å². The Bertz CT molecular complexity index is 474. The van der Waals surface area contributed by atoms with Crippen LogP contribution < -0.4 is 5.32 Å². The number of ether oxygens (including phenoxy) is 1. The lowest BCUT2D eigenvalue weighted by Gasteiger charge is -2.26. The first-order chi connectivity index (χ1) is 9.75. The molecule has 1 N–H and O–H groups in total. The highest BCUT2D eigenvalue weighted by molar-refractivity contribution is 5.92. The first-order valence-corrected chi connectivity index (χ1v) is 7.31. The summed E-state index contributed by atoms with van der Waals surface area (Å²) in [4.78, 5) is 18.7. The predicted molar refractivity (Wildman–Crippen MR) is 72.8 cm³/mol. The zero-order chi connectivity index (χ0) is 13.9. The summed E-state index contributed by atoms with van der Waals surface area (Å²) < 4.78 is 11.1. The molecule has 1 aromatic heterocycles. The van der Waals surface area contributed by atoms with E-state index in [4.69, 9.17) is 9.15 Å². The van der Waals surface area contributed by atoms with Gasteiger partial charge in [-0.05, 0) is 26.3 Å². The van der Waals surface area contributed by atoms with E-state index < -0.39 is 0 Å². The van der Waals surface area contributed by atoms with Gasteiger partial charge in [0.05, 0.1) is 18.9 Å². The molecule has 0 bridgehead atoms. The average molecular weight is 279 g/mol. The van der Waals surface area contributed by atoms with E-state index in [1.165, 1.54) is 0 Å². The van der Waals surface area contributed by atoms with Gasteiger partial charge >= 0.3 is 0 Å². The standard InChI is InChI=1S/C14H21N3O3/c1-10-12(14(18)17-5-7-19-8-6-17)20-13(16-10)11-3-2-4-15-9-11/h11,15H,2-9H2,1H3. The normalized spacial score (nSPS) is 23.9. The van der Waals surface area contributed by atoms with Gasteiger partial charge in [0.1, 0.15) is 0 Å². The van der Waals surface area contributed by atoms with Gasteiger partial charge in [0.15, 0.2) is 5.89 Å². The van der Waals surface area contributed by atoms with Crippen molar-refractivity contribution in [2.24, 2.45) is 0 Å². The van der Waals surface area contributed by atoms with Gasteiger partial charge in [0.25, 0.3) is 5.91 Å². The smallest absolute Gasteiger partial charge is 0.291 e. The van der Waals surface area contributed by atoms with Gasteiger partial charge in [-0.2, -0.15) is 0 Å². The molecular formula is C14H21N3O3. The van der Waals surface area contributed by atoms with Crippen LogP contribution in [-0.2, 0) is 4.74 Å². The monoisotopic (exact) mass is 279 g/mol. The minimum Gasteiger partial charge on any atom is -0.435 e. The van der Waals surface area contributed by atoms with E-state index in [9.17, 15) is 4.79 Å². The molecule has 3 rings (SSSR count). The van der Waals surface area contributed by atoms with E-state index in [1.54, 1.807) is 4.90 Å². The molecule has 0 saturated carbocycles. The molecule has 6 heteroatoms. The summed E-state index contributed by atoms with van der Waals surface area (Å²) in [5, 5.41) is 3.34. The summed E-state index contributed by atoms with van der Waals surface area (Å²) in [6.45, 7) is 6.22. The Kier molecular flexibility index (Phi) is 4.03. The number of carbonyl (C=O) groups is 1. The number of nitrogens with one attached hydrogen (secondary N) is 1. The number of nitrogens with zero attached hydrogens (tertiary/aromatic N) is 2. The van der Waals surface area contributed by atoms with Crippen LogP contribution >= 0.6 is 0 Å². The van der Waals surface area contributed by atoms with Crippen molar-refractivity contribution in [2.75, 3.05) is 39.4 Å². The highest BCUT2D eigenvalue weighted by atomic mass is 16.5. The molecule has 6 nitrogen and oxygen atoms in total. The highest BCUT2D eigenvalue weighted by Crippen LogP contribution is 2.25. The van der Waals surface area contributed by atoms with Crippen LogP contribution in [0.5, 0.6) is 0 Å². The van der Waals surface area contributed by atoms with Crippen LogP contribution in [0.15, 0.2) is 4.42 Å². The van der Waals surface area contributed by atoms with Crippen molar-refractivity contribution in [3.05, 3.63) is 17.3 Å². The largest absolute Gasteiger partial charge is 0.435 e. The van der Waals surface area contributed by atoms with Gasteiger partial charge in [-0.3, -0.25) is 4.79 Å². The molecule has 0 aromatic carbocycles. The molecular weight excluding hydrogens is 258 g/mol. The Morgan fingerprint density at radius 2 is 2.20 bits per heavy atom. The maximum absolute atomic E-state index is 12.4. The lowest BCUT2D eigenvalue weighted by Crippen LogP contribution is -2.40. The topological polar surface area (TPSA) is 67.6 Å². The van der Waals surface area contributed by atoms with Crippen molar-refractivity contribution in [3.63, 3.8) is 0 Å². The third-order valence-corrected chi connectivity index (χ3v) is 3.95. The molecule has 2 fully saturated rings. The molecule has 0 aliphatic carbocycles. The van der Waals surface area contributed by atoms with E-state index in [-0.39, 0.29) is 11.8 Å². The molecule has 1 amide bonds. The summed E-state index contributed by atoms with van der Waals surface area (Å²) in [7, 11) is 0. The van der Waals surface area contributed by atoms with E-state index in [1.807, 2.05) is 6.92 Å². The van der Waals surface area contributed by atoms with Gasteiger partial charge in [0, 0.05) is 25.6 Å². The second kappa shape index (κ2) is 5.93. The molecule has 0 radical (unpaired) electrons. The third kappa shape index (κ3) is 2.71. The van der Waals surface area contributed by atoms with Gasteiger partial charge in [-0.1, -0.05) is 0 Å². The minimum atomic E-state index is -0.0617. The summed E-state index contributed by atoms with van der Waals surface area (Å²) in [5.41, 5.74) is 0.696. The van der Waals surface area contributed by atoms with Crippen LogP contribution in [0.4, 0.5) is 0 Å². The number of morpholine rings is 1. The summed E-state index contributed by atoms with van der Waals surface area (Å²) in [5.74, 6) is 1.32. The number of rotatable bonds is 2. The molecule has 1 atom stereocenters. The second-order valence-corrected chi connectivity index (χ2v) is 5.41. The molecule has 2 aliphatic heterocycles. The highest BCUT2D eigenvalue weighted by Gasteiger charge is 2.27. The van der Waals surface area contributed by atoms with Crippen LogP contribution in [-0.4, -0.2) is 55.2 Å². The van der Waals surface area contributed by atoms with E-state index in [0.717, 1.165) is 25.9 Å². The van der Waals surface area contributed by atoms with Crippen molar-refractivity contribution in [1.82, 2.24) is 15.2 Å². The molecule has 110 valence electrons. The van der Waals surface area contributed by atoms with Crippen molar-refractivity contribution in [1.29, 1.82) is 0 Å². The average Bonchev–Trinajstić information content (AvgIpc) is 2.90. The first-order valence-electron chi connectivity index (χ1n) is 7.31. The Hall–Kier alpha value is -1.40. The fourth-order valence-corrected chi connectivity index (χ4v) is 2.76. The lowest BCUT2D eigenvalue weighted by molar-refractivity contribution is 0.0280. The number of aryl methyl sites for hydroxylation is 1. The Morgan fingerprint density at radius 1 is 1.40 bits per heavy atom. The summed E-state index contributed by atoms with van der Waals surface area (Å²) in [6, 6.07) is 0. The molecule has 1 aromatic rings. The van der Waals surface area contributed by atoms with E-state index in [2.05, 4.69) is 10.3 Å². The molecule has 2 aliphatic rings. The van der Waals surface area contributed by atoms with Crippen LogP contribution in [0.1, 0.15) is 40.9 Å². The van der Waals surface area contributed by atoms with Crippen LogP contribution in [0.3, 0.4) is 0 Å². The SMILES string of the molecule is Cc1nc(C2CCCNC2)oc1C(=O)N1CCOCC1. The quantitative estimate of drug-likeness (QED) is 0.872. The van der Waals surface area contributed by atoms with E-state index in [0.29, 0.717) is 43.6 Å². The Labute approximate surface area is 118 Å². The molecule has 20 heavy (non-hydrogen) atoms. The fourth-order valence-electron chi connectivity index (χ4n) is 2.76. The van der Waals surface area contributed by atoms with Gasteiger partial charge in [0.2, 0.25) is 5.76 Å². The molecule has 1 unspecified atom stereocenters. The molecule has 0 spiro atoms. The zero-order valence-corrected chi connectivity index (χ0v) is 11.9. The number of hydrogen-bond acceptors (Lipinski definition) is 5. The van der Waals surface area contributed by atoms with Crippen molar-refractivity contribution in [2.45, 2.75) is 25.7 Å². The van der Waals surface area contributed by atoms with Gasteiger partial charge < -0.3 is 19.4 Å². The van der Waals surface area contributed by atoms with Crippen molar-refractivity contribution in [3.8, 4) is 0 Å². The maximum atomic E-state index is 12.4. The van der Waals surface area contributed by atoms with Crippen LogP contribution in [0.2, 0.25) is 0 Å². The molecule has 2 saturated heterocycles. The first kappa shape index (κ1) is 13.6. The number of oxazole rings is 1. The lowest BCUT2D eigenvalue weighted by atomic mass is 10.00. The number of carbonyl (C=O) groups excluding carboxylic acids is 1.